The van der Waals surface area contributed by atoms with E-state index in [9.17, 15) is 25.7 Å². The summed E-state index contributed by atoms with van der Waals surface area (Å²) in [6, 6.07) is 2.98. The van der Waals surface area contributed by atoms with Crippen molar-refractivity contribution in [1.29, 1.82) is 0 Å². The molecule has 0 unspecified atom stereocenters. The van der Waals surface area contributed by atoms with Crippen LogP contribution in [0.1, 0.15) is 6.92 Å². The highest BCUT2D eigenvalue weighted by Crippen LogP contribution is 2.70. The minimum atomic E-state index is -5.86. The van der Waals surface area contributed by atoms with Gasteiger partial charge in [-0.15, -0.1) is 7.77 Å². The van der Waals surface area contributed by atoms with Crippen molar-refractivity contribution in [3.8, 4) is 5.75 Å². The fraction of sp³-hybridized carbons (Fsp3) is 0.222. The van der Waals surface area contributed by atoms with Gasteiger partial charge in [0.15, 0.2) is 10.8 Å². The number of hydrogen-bond acceptors (Lipinski definition) is 2. The van der Waals surface area contributed by atoms with Crippen molar-refractivity contribution < 1.29 is 30.5 Å². The molecule has 0 aliphatic rings. The zero-order chi connectivity index (χ0) is 13.3. The molecule has 0 aliphatic carbocycles. The Morgan fingerprint density at radius 2 is 1.65 bits per heavy atom. The summed E-state index contributed by atoms with van der Waals surface area (Å²) in [5, 5.41) is 0. The maximum atomic E-state index is 12.9. The van der Waals surface area contributed by atoms with Gasteiger partial charge in [-0.1, -0.05) is 0 Å². The normalized spacial score (nSPS) is 13.3. The largest absolute Gasteiger partial charge is 0.482 e. The number of alkyl halides is 3. The molecule has 0 radical (unpaired) electrons. The van der Waals surface area contributed by atoms with Crippen LogP contribution in [0, 0.1) is 0 Å². The third kappa shape index (κ3) is 3.09. The van der Waals surface area contributed by atoms with E-state index in [-0.39, 0.29) is 5.75 Å². The first kappa shape index (κ1) is 13.8. The molecule has 8 heteroatoms. The van der Waals surface area contributed by atoms with Crippen molar-refractivity contribution in [2.75, 3.05) is 0 Å². The average molecular weight is 274 g/mol. The highest BCUT2D eigenvalue weighted by Gasteiger charge is 2.54. The number of carbonyl (C=O) groups is 1. The molecule has 0 aliphatic heterocycles. The average Bonchev–Trinajstić information content (AvgIpc) is 2.15. The summed E-state index contributed by atoms with van der Waals surface area (Å²) >= 11 is 0. The van der Waals surface area contributed by atoms with Gasteiger partial charge in [-0.25, -0.2) is 0 Å². The summed E-state index contributed by atoms with van der Waals surface area (Å²) < 4.78 is 66.4. The van der Waals surface area contributed by atoms with Gasteiger partial charge in [0.2, 0.25) is 0 Å². The number of esters is 1. The molecule has 96 valence electrons. The second-order valence-electron chi connectivity index (χ2n) is 2.98. The molecule has 0 N–H and O–H groups in total. The van der Waals surface area contributed by atoms with Crippen molar-refractivity contribution in [1.82, 2.24) is 0 Å². The molecule has 0 bridgehead atoms. The summed E-state index contributed by atoms with van der Waals surface area (Å²) in [5.41, 5.74) is -5.57. The van der Waals surface area contributed by atoms with Crippen LogP contribution in [0.5, 0.6) is 5.75 Å². The first-order chi connectivity index (χ1) is 7.64. The molecule has 0 atom stereocenters. The Hall–Kier alpha value is -1.31. The van der Waals surface area contributed by atoms with Crippen LogP contribution in [0.2, 0.25) is 0 Å². The number of hydrogen-bond donors (Lipinski definition) is 0. The van der Waals surface area contributed by atoms with Crippen LogP contribution >= 0.6 is 10.8 Å². The van der Waals surface area contributed by atoms with Crippen molar-refractivity contribution >= 4 is 16.8 Å². The summed E-state index contributed by atoms with van der Waals surface area (Å²) in [6.07, 6.45) is 0. The molecular weight excluding hydrogens is 267 g/mol. The maximum Gasteiger partial charge on any atom is 0.482 e. The number of carbonyl (C=O) groups excluding carboxylic acids is 1. The Balaban J connectivity index is 2.99. The molecule has 1 rings (SSSR count). The summed E-state index contributed by atoms with van der Waals surface area (Å²) in [7, 11) is -5.86. The van der Waals surface area contributed by atoms with E-state index in [1.165, 1.54) is 0 Å². The van der Waals surface area contributed by atoms with Crippen molar-refractivity contribution in [3.05, 3.63) is 24.3 Å². The second-order valence-corrected chi connectivity index (χ2v) is 4.85. The lowest BCUT2D eigenvalue weighted by molar-refractivity contribution is -0.131. The quantitative estimate of drug-likeness (QED) is 0.461. The third-order valence-corrected chi connectivity index (χ3v) is 3.12. The molecule has 0 saturated carbocycles. The predicted molar refractivity (Wildman–Crippen MR) is 51.9 cm³/mol. The van der Waals surface area contributed by atoms with Crippen LogP contribution in [-0.2, 0) is 4.79 Å². The van der Waals surface area contributed by atoms with Gasteiger partial charge >= 0.3 is 11.5 Å². The van der Waals surface area contributed by atoms with Gasteiger partial charge in [0.1, 0.15) is 5.75 Å². The van der Waals surface area contributed by atoms with Crippen LogP contribution in [-0.4, -0.2) is 11.5 Å². The van der Waals surface area contributed by atoms with Gasteiger partial charge in [-0.05, 0) is 24.3 Å². The SMILES string of the molecule is CC(=O)Oc1ccc(S(F)(F)C(F)(F)F)cc1. The molecule has 0 aromatic heterocycles. The fourth-order valence-electron chi connectivity index (χ4n) is 0.978. The summed E-state index contributed by atoms with van der Waals surface area (Å²) in [5.74, 6) is -0.772. The number of rotatable bonds is 2. The molecule has 0 saturated heterocycles. The summed E-state index contributed by atoms with van der Waals surface area (Å²) in [6.45, 7) is 1.09. The van der Waals surface area contributed by atoms with Crippen LogP contribution in [0.3, 0.4) is 0 Å². The number of benzene rings is 1. The van der Waals surface area contributed by atoms with Gasteiger partial charge in [0.25, 0.3) is 0 Å². The Bertz CT molecular complexity index is 412. The van der Waals surface area contributed by atoms with Gasteiger partial charge in [0.05, 0.1) is 4.90 Å². The molecule has 0 amide bonds. The van der Waals surface area contributed by atoms with Gasteiger partial charge < -0.3 is 4.74 Å². The molecule has 0 heterocycles. The maximum absolute atomic E-state index is 12.9. The highest BCUT2D eigenvalue weighted by molar-refractivity contribution is 8.26. The van der Waals surface area contributed by atoms with E-state index in [0.717, 1.165) is 19.1 Å². The van der Waals surface area contributed by atoms with Crippen LogP contribution in [0.15, 0.2) is 29.2 Å². The lowest BCUT2D eigenvalue weighted by atomic mass is 10.3. The Labute approximate surface area is 95.3 Å². The Kier molecular flexibility index (Phi) is 3.65. The minimum Gasteiger partial charge on any atom is -0.427 e. The Morgan fingerprint density at radius 1 is 1.18 bits per heavy atom. The van der Waals surface area contributed by atoms with Crippen LogP contribution in [0.25, 0.3) is 0 Å². The fourth-order valence-corrected chi connectivity index (χ4v) is 1.72. The van der Waals surface area contributed by atoms with Crippen LogP contribution in [0.4, 0.5) is 20.9 Å². The van der Waals surface area contributed by atoms with Gasteiger partial charge in [0, 0.05) is 6.92 Å². The molecule has 2 nitrogen and oxygen atoms in total. The highest BCUT2D eigenvalue weighted by atomic mass is 32.3. The number of halogens is 5. The van der Waals surface area contributed by atoms with E-state index in [2.05, 4.69) is 4.74 Å². The molecule has 1 aromatic carbocycles. The van der Waals surface area contributed by atoms with E-state index in [1.54, 1.807) is 0 Å². The zero-order valence-electron chi connectivity index (χ0n) is 8.42. The van der Waals surface area contributed by atoms with E-state index in [4.69, 9.17) is 0 Å². The zero-order valence-corrected chi connectivity index (χ0v) is 9.24. The van der Waals surface area contributed by atoms with Gasteiger partial charge in [-0.2, -0.15) is 13.2 Å². The summed E-state index contributed by atoms with van der Waals surface area (Å²) in [4.78, 5) is 9.38. The lowest BCUT2D eigenvalue weighted by Gasteiger charge is -2.23. The topological polar surface area (TPSA) is 26.3 Å². The lowest BCUT2D eigenvalue weighted by Crippen LogP contribution is -2.12. The van der Waals surface area contributed by atoms with Crippen LogP contribution < -0.4 is 4.74 Å². The molecule has 0 fully saturated rings. The molecule has 17 heavy (non-hydrogen) atoms. The first-order valence-electron chi connectivity index (χ1n) is 4.22. The second kappa shape index (κ2) is 4.52. The standard InChI is InChI=1S/C9H7F5O2S/c1-6(15)16-7-2-4-8(5-3-7)17(13,14)9(10,11)12/h2-5H,1H3. The monoisotopic (exact) mass is 274 g/mol. The van der Waals surface area contributed by atoms with Crippen molar-refractivity contribution in [2.45, 2.75) is 17.3 Å². The smallest absolute Gasteiger partial charge is 0.427 e. The molecule has 0 spiro atoms. The molecular formula is C9H7F5O2S. The van der Waals surface area contributed by atoms with E-state index >= 15 is 0 Å². The first-order valence-corrected chi connectivity index (χ1v) is 5.65. The molecule has 1 aromatic rings. The van der Waals surface area contributed by atoms with Crippen molar-refractivity contribution in [2.24, 2.45) is 0 Å². The van der Waals surface area contributed by atoms with Gasteiger partial charge in [-0.3, -0.25) is 4.79 Å². The predicted octanol–water partition coefficient (Wildman–Crippen LogP) is 4.06. The van der Waals surface area contributed by atoms with E-state index < -0.39 is 27.2 Å². The van der Waals surface area contributed by atoms with E-state index in [0.29, 0.717) is 12.1 Å². The number of ether oxygens (including phenoxy) is 1. The third-order valence-electron chi connectivity index (χ3n) is 1.67. The Morgan fingerprint density at radius 3 is 2.00 bits per heavy atom. The minimum absolute atomic E-state index is 0.0846. The van der Waals surface area contributed by atoms with E-state index in [1.807, 2.05) is 0 Å². The van der Waals surface area contributed by atoms with Crippen molar-refractivity contribution in [3.63, 3.8) is 0 Å².